The number of nitrogen functional groups attached to an aromatic ring is 1. The second-order valence-electron chi connectivity index (χ2n) is 4.91. The summed E-state index contributed by atoms with van der Waals surface area (Å²) in [6, 6.07) is 4.48. The second kappa shape index (κ2) is 6.28. The average molecular weight is 296 g/mol. The molecule has 6 heteroatoms. The molecule has 0 saturated heterocycles. The first-order valence-electron chi connectivity index (χ1n) is 6.61. The first-order valence-corrected chi connectivity index (χ1v) is 8.09. The van der Waals surface area contributed by atoms with Crippen LogP contribution in [0, 0.1) is 5.92 Å². The van der Waals surface area contributed by atoms with Gasteiger partial charge in [0.1, 0.15) is 5.75 Å². The Kier molecular flexibility index (Phi) is 4.67. The summed E-state index contributed by atoms with van der Waals surface area (Å²) < 4.78 is 32.1. The molecule has 0 saturated carbocycles. The number of ether oxygens (including phenoxy) is 1. The zero-order valence-corrected chi connectivity index (χ0v) is 12.3. The second-order valence-corrected chi connectivity index (χ2v) is 6.67. The maximum absolute atomic E-state index is 12.2. The molecule has 0 fully saturated rings. The zero-order valence-electron chi connectivity index (χ0n) is 11.5. The largest absolute Gasteiger partial charge is 0.495 e. The number of nitrogens with one attached hydrogen (secondary N) is 1. The molecule has 1 aliphatic rings. The Hall–Kier alpha value is -1.53. The maximum atomic E-state index is 12.2. The van der Waals surface area contributed by atoms with E-state index in [1.54, 1.807) is 6.07 Å². The number of methoxy groups -OCH3 is 1. The van der Waals surface area contributed by atoms with E-state index in [4.69, 9.17) is 10.5 Å². The van der Waals surface area contributed by atoms with E-state index in [1.807, 2.05) is 0 Å². The molecule has 1 unspecified atom stereocenters. The third kappa shape index (κ3) is 3.52. The van der Waals surface area contributed by atoms with Gasteiger partial charge in [-0.1, -0.05) is 12.2 Å². The van der Waals surface area contributed by atoms with Crippen molar-refractivity contribution in [3.05, 3.63) is 30.4 Å². The first-order chi connectivity index (χ1) is 9.53. The molecule has 1 aromatic rings. The highest BCUT2D eigenvalue weighted by atomic mass is 32.2. The van der Waals surface area contributed by atoms with Gasteiger partial charge in [-0.05, 0) is 43.4 Å². The van der Waals surface area contributed by atoms with E-state index < -0.39 is 10.0 Å². The van der Waals surface area contributed by atoms with Gasteiger partial charge in [0.2, 0.25) is 10.0 Å². The van der Waals surface area contributed by atoms with Gasteiger partial charge in [0.05, 0.1) is 17.7 Å². The SMILES string of the molecule is COc1ccc(S(=O)(=O)NCC2CC=CCC2)cc1N. The van der Waals surface area contributed by atoms with Crippen LogP contribution in [0.1, 0.15) is 19.3 Å². The molecule has 0 aliphatic heterocycles. The van der Waals surface area contributed by atoms with Crippen molar-refractivity contribution in [3.8, 4) is 5.75 Å². The van der Waals surface area contributed by atoms with Gasteiger partial charge in [-0.3, -0.25) is 0 Å². The van der Waals surface area contributed by atoms with Crippen LogP contribution >= 0.6 is 0 Å². The van der Waals surface area contributed by atoms with Crippen LogP contribution < -0.4 is 15.2 Å². The standard InChI is InChI=1S/C14H20N2O3S/c1-19-14-8-7-12(9-13(14)15)20(17,18)16-10-11-5-3-2-4-6-11/h2-3,7-9,11,16H,4-6,10,15H2,1H3. The number of anilines is 1. The Morgan fingerprint density at radius 2 is 2.20 bits per heavy atom. The van der Waals surface area contributed by atoms with E-state index in [2.05, 4.69) is 16.9 Å². The number of sulfonamides is 1. The van der Waals surface area contributed by atoms with E-state index >= 15 is 0 Å². The highest BCUT2D eigenvalue weighted by Gasteiger charge is 2.18. The summed E-state index contributed by atoms with van der Waals surface area (Å²) in [7, 11) is -2.02. The molecule has 5 nitrogen and oxygen atoms in total. The number of allylic oxidation sites excluding steroid dienone is 2. The maximum Gasteiger partial charge on any atom is 0.240 e. The molecule has 20 heavy (non-hydrogen) atoms. The fourth-order valence-corrected chi connectivity index (χ4v) is 3.38. The summed E-state index contributed by atoms with van der Waals surface area (Å²) >= 11 is 0. The number of benzene rings is 1. The molecule has 110 valence electrons. The van der Waals surface area contributed by atoms with Crippen molar-refractivity contribution in [1.29, 1.82) is 0 Å². The van der Waals surface area contributed by atoms with E-state index in [-0.39, 0.29) is 4.90 Å². The summed E-state index contributed by atoms with van der Waals surface area (Å²) in [5, 5.41) is 0. The highest BCUT2D eigenvalue weighted by Crippen LogP contribution is 2.24. The highest BCUT2D eigenvalue weighted by molar-refractivity contribution is 7.89. The van der Waals surface area contributed by atoms with Crippen LogP contribution in [-0.4, -0.2) is 22.1 Å². The van der Waals surface area contributed by atoms with Gasteiger partial charge in [-0.25, -0.2) is 13.1 Å². The fourth-order valence-electron chi connectivity index (χ4n) is 2.23. The first kappa shape index (κ1) is 14.9. The summed E-state index contributed by atoms with van der Waals surface area (Å²) in [4.78, 5) is 0.169. The Morgan fingerprint density at radius 1 is 1.40 bits per heavy atom. The summed E-state index contributed by atoms with van der Waals surface area (Å²) in [5.41, 5.74) is 6.06. The molecule has 1 aliphatic carbocycles. The van der Waals surface area contributed by atoms with Gasteiger partial charge in [0, 0.05) is 6.54 Å². The summed E-state index contributed by atoms with van der Waals surface area (Å²) in [6.07, 6.45) is 7.20. The van der Waals surface area contributed by atoms with Crippen LogP contribution in [0.15, 0.2) is 35.2 Å². The third-order valence-electron chi connectivity index (χ3n) is 3.45. The lowest BCUT2D eigenvalue weighted by Crippen LogP contribution is -2.29. The van der Waals surface area contributed by atoms with Crippen molar-refractivity contribution in [2.75, 3.05) is 19.4 Å². The molecule has 0 heterocycles. The van der Waals surface area contributed by atoms with Gasteiger partial charge < -0.3 is 10.5 Å². The number of rotatable bonds is 5. The minimum Gasteiger partial charge on any atom is -0.495 e. The molecule has 2 rings (SSSR count). The van der Waals surface area contributed by atoms with E-state index in [0.29, 0.717) is 23.9 Å². The monoisotopic (exact) mass is 296 g/mol. The Bertz CT molecular complexity index is 596. The van der Waals surface area contributed by atoms with E-state index in [9.17, 15) is 8.42 Å². The van der Waals surface area contributed by atoms with Crippen molar-refractivity contribution in [2.24, 2.45) is 5.92 Å². The van der Waals surface area contributed by atoms with Gasteiger partial charge in [0.25, 0.3) is 0 Å². The summed E-state index contributed by atoms with van der Waals surface area (Å²) in [5.74, 6) is 0.840. The number of nitrogens with two attached hydrogens (primary N) is 1. The lowest BCUT2D eigenvalue weighted by atomic mass is 9.95. The minimum atomic E-state index is -3.52. The van der Waals surface area contributed by atoms with Crippen LogP contribution in [-0.2, 0) is 10.0 Å². The number of hydrogen-bond donors (Lipinski definition) is 2. The normalized spacial score (nSPS) is 18.9. The van der Waals surface area contributed by atoms with Crippen molar-refractivity contribution in [1.82, 2.24) is 4.72 Å². The average Bonchev–Trinajstić information content (AvgIpc) is 2.46. The van der Waals surface area contributed by atoms with Gasteiger partial charge >= 0.3 is 0 Å². The molecule has 0 amide bonds. The van der Waals surface area contributed by atoms with Gasteiger partial charge in [0.15, 0.2) is 0 Å². The molecule has 1 atom stereocenters. The Labute approximate surface area is 119 Å². The number of hydrogen-bond acceptors (Lipinski definition) is 4. The molecule has 0 aromatic heterocycles. The molecule has 3 N–H and O–H groups in total. The van der Waals surface area contributed by atoms with E-state index in [1.165, 1.54) is 19.2 Å². The summed E-state index contributed by atoms with van der Waals surface area (Å²) in [6.45, 7) is 0.457. The van der Waals surface area contributed by atoms with Crippen molar-refractivity contribution >= 4 is 15.7 Å². The molecular formula is C14H20N2O3S. The van der Waals surface area contributed by atoms with Crippen LogP contribution in [0.5, 0.6) is 5.75 Å². The molecule has 0 bridgehead atoms. The lowest BCUT2D eigenvalue weighted by Gasteiger charge is -2.18. The molecular weight excluding hydrogens is 276 g/mol. The molecule has 0 radical (unpaired) electrons. The van der Waals surface area contributed by atoms with Crippen LogP contribution in [0.4, 0.5) is 5.69 Å². The Morgan fingerprint density at radius 3 is 2.80 bits per heavy atom. The van der Waals surface area contributed by atoms with Crippen molar-refractivity contribution < 1.29 is 13.2 Å². The van der Waals surface area contributed by atoms with Crippen molar-refractivity contribution in [2.45, 2.75) is 24.2 Å². The fraction of sp³-hybridized carbons (Fsp3) is 0.429. The minimum absolute atomic E-state index is 0.169. The molecule has 1 aromatic carbocycles. The van der Waals surface area contributed by atoms with Crippen LogP contribution in [0.3, 0.4) is 0 Å². The van der Waals surface area contributed by atoms with Crippen LogP contribution in [0.25, 0.3) is 0 Å². The van der Waals surface area contributed by atoms with Gasteiger partial charge in [-0.15, -0.1) is 0 Å². The quantitative estimate of drug-likeness (QED) is 0.642. The van der Waals surface area contributed by atoms with Crippen molar-refractivity contribution in [3.63, 3.8) is 0 Å². The zero-order chi connectivity index (χ0) is 14.6. The third-order valence-corrected chi connectivity index (χ3v) is 4.87. The van der Waals surface area contributed by atoms with Gasteiger partial charge in [-0.2, -0.15) is 0 Å². The predicted octanol–water partition coefficient (Wildman–Crippen LogP) is 1.91. The lowest BCUT2D eigenvalue weighted by molar-refractivity contribution is 0.416. The smallest absolute Gasteiger partial charge is 0.240 e. The van der Waals surface area contributed by atoms with E-state index in [0.717, 1.165) is 19.3 Å². The Balaban J connectivity index is 2.06. The van der Waals surface area contributed by atoms with Crippen LogP contribution in [0.2, 0.25) is 0 Å². The topological polar surface area (TPSA) is 81.4 Å². The predicted molar refractivity (Wildman–Crippen MR) is 79.1 cm³/mol. The molecule has 0 spiro atoms.